The van der Waals surface area contributed by atoms with Gasteiger partial charge in [0, 0.05) is 12.2 Å². The average Bonchev–Trinajstić information content (AvgIpc) is 2.83. The largest absolute Gasteiger partial charge is 0.329 e. The first-order chi connectivity index (χ1) is 8.98. The summed E-state index contributed by atoms with van der Waals surface area (Å²) in [5.74, 6) is 0.0996. The van der Waals surface area contributed by atoms with Crippen LogP contribution in [0.1, 0.15) is 42.4 Å². The van der Waals surface area contributed by atoms with Crippen LogP contribution in [0, 0.1) is 26.2 Å². The lowest BCUT2D eigenvalue weighted by molar-refractivity contribution is -0.124. The van der Waals surface area contributed by atoms with Gasteiger partial charge in [0.05, 0.1) is 5.41 Å². The van der Waals surface area contributed by atoms with E-state index in [4.69, 9.17) is 5.73 Å². The Balaban J connectivity index is 2.24. The molecule has 1 saturated carbocycles. The van der Waals surface area contributed by atoms with E-state index in [1.54, 1.807) is 0 Å². The van der Waals surface area contributed by atoms with Crippen molar-refractivity contribution in [3.63, 3.8) is 0 Å². The summed E-state index contributed by atoms with van der Waals surface area (Å²) in [6, 6.07) is 4.21. The lowest BCUT2D eigenvalue weighted by atomic mass is 9.85. The van der Waals surface area contributed by atoms with Crippen LogP contribution < -0.4 is 11.1 Å². The lowest BCUT2D eigenvalue weighted by Gasteiger charge is -2.26. The van der Waals surface area contributed by atoms with E-state index in [1.807, 2.05) is 13.8 Å². The van der Waals surface area contributed by atoms with Gasteiger partial charge in [-0.1, -0.05) is 30.5 Å². The van der Waals surface area contributed by atoms with Gasteiger partial charge < -0.3 is 11.1 Å². The van der Waals surface area contributed by atoms with Gasteiger partial charge >= 0.3 is 0 Å². The molecule has 0 aliphatic heterocycles. The van der Waals surface area contributed by atoms with Gasteiger partial charge in [-0.25, -0.2) is 0 Å². The predicted octanol–water partition coefficient (Wildman–Crippen LogP) is 3.07. The Hall–Kier alpha value is -1.35. The number of nitrogens with two attached hydrogens (primary N) is 1. The molecule has 1 amide bonds. The minimum atomic E-state index is -0.343. The quantitative estimate of drug-likeness (QED) is 0.877. The first-order valence-electron chi connectivity index (χ1n) is 7.08. The number of amides is 1. The molecule has 1 aromatic carbocycles. The molecule has 19 heavy (non-hydrogen) atoms. The van der Waals surface area contributed by atoms with Crippen molar-refractivity contribution in [3.8, 4) is 0 Å². The second-order valence-corrected chi connectivity index (χ2v) is 5.92. The Morgan fingerprint density at radius 1 is 1.21 bits per heavy atom. The summed E-state index contributed by atoms with van der Waals surface area (Å²) in [7, 11) is 0. The third kappa shape index (κ3) is 2.66. The van der Waals surface area contributed by atoms with Crippen molar-refractivity contribution in [2.24, 2.45) is 11.1 Å². The minimum absolute atomic E-state index is 0.0996. The van der Waals surface area contributed by atoms with Gasteiger partial charge in [0.15, 0.2) is 0 Å². The summed E-state index contributed by atoms with van der Waals surface area (Å²) < 4.78 is 0. The number of carbonyl (C=O) groups excluding carboxylic acids is 1. The Morgan fingerprint density at radius 2 is 1.74 bits per heavy atom. The van der Waals surface area contributed by atoms with Crippen LogP contribution in [-0.4, -0.2) is 12.5 Å². The van der Waals surface area contributed by atoms with Gasteiger partial charge in [0.1, 0.15) is 0 Å². The zero-order valence-electron chi connectivity index (χ0n) is 12.2. The van der Waals surface area contributed by atoms with Crippen molar-refractivity contribution in [1.82, 2.24) is 0 Å². The highest BCUT2D eigenvalue weighted by Gasteiger charge is 2.40. The van der Waals surface area contributed by atoms with Gasteiger partial charge in [-0.2, -0.15) is 0 Å². The zero-order valence-corrected chi connectivity index (χ0v) is 12.2. The highest BCUT2D eigenvalue weighted by atomic mass is 16.2. The van der Waals surface area contributed by atoms with Crippen LogP contribution in [0.5, 0.6) is 0 Å². The van der Waals surface area contributed by atoms with Gasteiger partial charge in [-0.05, 0) is 44.7 Å². The molecule has 0 atom stereocenters. The van der Waals surface area contributed by atoms with Crippen LogP contribution >= 0.6 is 0 Å². The maximum absolute atomic E-state index is 12.6. The third-order valence-electron chi connectivity index (χ3n) is 4.35. The summed E-state index contributed by atoms with van der Waals surface area (Å²) in [6.45, 7) is 6.60. The third-order valence-corrected chi connectivity index (χ3v) is 4.35. The van der Waals surface area contributed by atoms with Crippen LogP contribution in [0.4, 0.5) is 5.69 Å². The number of rotatable bonds is 3. The van der Waals surface area contributed by atoms with E-state index in [9.17, 15) is 4.79 Å². The van der Waals surface area contributed by atoms with Crippen molar-refractivity contribution in [2.45, 2.75) is 46.5 Å². The molecule has 1 aromatic rings. The number of nitrogens with one attached hydrogen (secondary N) is 1. The standard InChI is InChI=1S/C16H24N2O/c1-11-8-12(2)14(13(3)9-11)18-15(19)16(10-17)6-4-5-7-16/h8-9H,4-7,10,17H2,1-3H3,(H,18,19). The number of hydrogen-bond donors (Lipinski definition) is 2. The Morgan fingerprint density at radius 3 is 2.21 bits per heavy atom. The zero-order chi connectivity index (χ0) is 14.0. The number of benzene rings is 1. The Kier molecular flexibility index (Phi) is 3.95. The smallest absolute Gasteiger partial charge is 0.231 e. The van der Waals surface area contributed by atoms with Crippen LogP contribution in [0.2, 0.25) is 0 Å². The van der Waals surface area contributed by atoms with E-state index < -0.39 is 0 Å². The number of anilines is 1. The molecule has 3 nitrogen and oxygen atoms in total. The molecule has 0 radical (unpaired) electrons. The van der Waals surface area contributed by atoms with E-state index in [-0.39, 0.29) is 11.3 Å². The van der Waals surface area contributed by atoms with E-state index in [1.165, 1.54) is 5.56 Å². The van der Waals surface area contributed by atoms with E-state index in [2.05, 4.69) is 24.4 Å². The Labute approximate surface area is 115 Å². The van der Waals surface area contributed by atoms with Crippen molar-refractivity contribution in [2.75, 3.05) is 11.9 Å². The van der Waals surface area contributed by atoms with Crippen LogP contribution in [0.25, 0.3) is 0 Å². The SMILES string of the molecule is Cc1cc(C)c(NC(=O)C2(CN)CCCC2)c(C)c1. The molecule has 0 unspecified atom stereocenters. The molecule has 104 valence electrons. The average molecular weight is 260 g/mol. The molecule has 1 fully saturated rings. The highest BCUT2D eigenvalue weighted by molar-refractivity contribution is 5.97. The molecule has 0 heterocycles. The first kappa shape index (κ1) is 14.1. The number of carbonyl (C=O) groups is 1. The molecule has 1 aliphatic rings. The molecule has 3 N–H and O–H groups in total. The van der Waals surface area contributed by atoms with Crippen LogP contribution in [0.3, 0.4) is 0 Å². The lowest BCUT2D eigenvalue weighted by Crippen LogP contribution is -2.40. The Bertz CT molecular complexity index is 465. The molecular weight excluding hydrogens is 236 g/mol. The fraction of sp³-hybridized carbons (Fsp3) is 0.562. The summed E-state index contributed by atoms with van der Waals surface area (Å²) in [5.41, 5.74) is 9.94. The fourth-order valence-corrected chi connectivity index (χ4v) is 3.20. The molecule has 0 bridgehead atoms. The van der Waals surface area contributed by atoms with Crippen LogP contribution in [-0.2, 0) is 4.79 Å². The number of hydrogen-bond acceptors (Lipinski definition) is 2. The predicted molar refractivity (Wildman–Crippen MR) is 79.2 cm³/mol. The van der Waals surface area contributed by atoms with Gasteiger partial charge in [-0.15, -0.1) is 0 Å². The van der Waals surface area contributed by atoms with E-state index in [0.717, 1.165) is 42.5 Å². The van der Waals surface area contributed by atoms with Crippen molar-refractivity contribution in [3.05, 3.63) is 28.8 Å². The summed E-state index contributed by atoms with van der Waals surface area (Å²) in [6.07, 6.45) is 4.05. The fourth-order valence-electron chi connectivity index (χ4n) is 3.20. The molecule has 2 rings (SSSR count). The molecule has 0 spiro atoms. The van der Waals surface area contributed by atoms with Gasteiger partial charge in [0.25, 0.3) is 0 Å². The normalized spacial score (nSPS) is 17.5. The van der Waals surface area contributed by atoms with Crippen molar-refractivity contribution < 1.29 is 4.79 Å². The molecule has 0 saturated heterocycles. The molecule has 0 aromatic heterocycles. The van der Waals surface area contributed by atoms with Crippen LogP contribution in [0.15, 0.2) is 12.1 Å². The summed E-state index contributed by atoms with van der Waals surface area (Å²) >= 11 is 0. The van der Waals surface area contributed by atoms with Crippen molar-refractivity contribution in [1.29, 1.82) is 0 Å². The molecule has 3 heteroatoms. The minimum Gasteiger partial charge on any atom is -0.329 e. The van der Waals surface area contributed by atoms with Crippen molar-refractivity contribution >= 4 is 11.6 Å². The van der Waals surface area contributed by atoms with Gasteiger partial charge in [-0.3, -0.25) is 4.79 Å². The van der Waals surface area contributed by atoms with E-state index in [0.29, 0.717) is 6.54 Å². The molecular formula is C16H24N2O. The second-order valence-electron chi connectivity index (χ2n) is 5.92. The first-order valence-corrected chi connectivity index (χ1v) is 7.08. The maximum Gasteiger partial charge on any atom is 0.231 e. The summed E-state index contributed by atoms with van der Waals surface area (Å²) in [4.78, 5) is 12.6. The topological polar surface area (TPSA) is 55.1 Å². The second kappa shape index (κ2) is 5.33. The van der Waals surface area contributed by atoms with Gasteiger partial charge in [0.2, 0.25) is 5.91 Å². The molecule has 1 aliphatic carbocycles. The summed E-state index contributed by atoms with van der Waals surface area (Å²) in [5, 5.41) is 3.12. The maximum atomic E-state index is 12.6. The number of aryl methyl sites for hydroxylation is 3. The van der Waals surface area contributed by atoms with E-state index >= 15 is 0 Å². The monoisotopic (exact) mass is 260 g/mol. The highest BCUT2D eigenvalue weighted by Crippen LogP contribution is 2.38.